The van der Waals surface area contributed by atoms with E-state index in [1.807, 2.05) is 17.5 Å². The van der Waals surface area contributed by atoms with E-state index in [-0.39, 0.29) is 0 Å². The first kappa shape index (κ1) is 9.41. The maximum absolute atomic E-state index is 4.39. The fraction of sp³-hybridized carbons (Fsp3) is 0.250. The third kappa shape index (κ3) is 2.02. The van der Waals surface area contributed by atoms with Gasteiger partial charge in [-0.15, -0.1) is 11.3 Å². The summed E-state index contributed by atoms with van der Waals surface area (Å²) in [6.45, 7) is 4.19. The number of nitrogens with zero attached hydrogens (tertiary/aromatic N) is 1. The van der Waals surface area contributed by atoms with Crippen molar-refractivity contribution < 1.29 is 0 Å². The Morgan fingerprint density at radius 3 is 2.86 bits per heavy atom. The van der Waals surface area contributed by atoms with Crippen molar-refractivity contribution in [2.45, 2.75) is 20.3 Å². The summed E-state index contributed by atoms with van der Waals surface area (Å²) in [5.74, 6) is 0. The van der Waals surface area contributed by atoms with Crippen LogP contribution in [0, 0.1) is 6.92 Å². The summed E-state index contributed by atoms with van der Waals surface area (Å²) in [5.41, 5.74) is 2.39. The minimum Gasteiger partial charge on any atom is -0.265 e. The summed E-state index contributed by atoms with van der Waals surface area (Å²) in [4.78, 5) is 7.04. The van der Waals surface area contributed by atoms with Crippen LogP contribution < -0.4 is 0 Å². The second-order valence-electron chi connectivity index (χ2n) is 3.47. The predicted molar refractivity (Wildman–Crippen MR) is 63.9 cm³/mol. The molecule has 1 aromatic heterocycles. The van der Waals surface area contributed by atoms with Crippen LogP contribution in [0.2, 0.25) is 0 Å². The van der Waals surface area contributed by atoms with Crippen molar-refractivity contribution >= 4 is 22.6 Å². The van der Waals surface area contributed by atoms with Gasteiger partial charge >= 0.3 is 0 Å². The molecule has 0 amide bonds. The van der Waals surface area contributed by atoms with Crippen molar-refractivity contribution in [2.75, 3.05) is 0 Å². The van der Waals surface area contributed by atoms with Crippen LogP contribution in [0.1, 0.15) is 23.1 Å². The molecule has 72 valence electrons. The highest BCUT2D eigenvalue weighted by atomic mass is 32.1. The minimum absolute atomic E-state index is 0.963. The molecule has 0 aromatic carbocycles. The fourth-order valence-electron chi connectivity index (χ4n) is 1.37. The molecule has 0 saturated carbocycles. The van der Waals surface area contributed by atoms with Crippen LogP contribution in [0.25, 0.3) is 5.57 Å². The average molecular weight is 203 g/mol. The van der Waals surface area contributed by atoms with E-state index in [2.05, 4.69) is 43.1 Å². The second kappa shape index (κ2) is 3.93. The molecular formula is C12H13NS. The monoisotopic (exact) mass is 203 g/mol. The highest BCUT2D eigenvalue weighted by molar-refractivity contribution is 7.13. The SMILES string of the molecule is CC1=NC=C(c2ccc(C)s2)C=CC1. The number of aliphatic imine (C=N–C) groups is 1. The lowest BCUT2D eigenvalue weighted by molar-refractivity contribution is 1.41. The quantitative estimate of drug-likeness (QED) is 0.658. The summed E-state index contributed by atoms with van der Waals surface area (Å²) in [6.07, 6.45) is 7.26. The third-order valence-corrected chi connectivity index (χ3v) is 3.21. The molecule has 1 nitrogen and oxygen atoms in total. The van der Waals surface area contributed by atoms with Crippen LogP contribution in [0.5, 0.6) is 0 Å². The highest BCUT2D eigenvalue weighted by Gasteiger charge is 2.02. The van der Waals surface area contributed by atoms with Gasteiger partial charge in [0.25, 0.3) is 0 Å². The molecular weight excluding hydrogens is 190 g/mol. The predicted octanol–water partition coefficient (Wildman–Crippen LogP) is 3.82. The summed E-state index contributed by atoms with van der Waals surface area (Å²) in [5, 5.41) is 0. The molecule has 2 heterocycles. The Kier molecular flexibility index (Phi) is 2.64. The van der Waals surface area contributed by atoms with E-state index in [0.717, 1.165) is 6.42 Å². The van der Waals surface area contributed by atoms with Crippen LogP contribution in [0.3, 0.4) is 0 Å². The smallest absolute Gasteiger partial charge is 0.0360 e. The number of rotatable bonds is 1. The number of hydrogen-bond acceptors (Lipinski definition) is 2. The van der Waals surface area contributed by atoms with Gasteiger partial charge in [0.05, 0.1) is 0 Å². The average Bonchev–Trinajstić information content (AvgIpc) is 2.46. The molecule has 2 heteroatoms. The lowest BCUT2D eigenvalue weighted by Gasteiger charge is -1.93. The van der Waals surface area contributed by atoms with E-state index in [4.69, 9.17) is 0 Å². The van der Waals surface area contributed by atoms with Gasteiger partial charge in [0.15, 0.2) is 0 Å². The Labute approximate surface area is 88.5 Å². The lowest BCUT2D eigenvalue weighted by atomic mass is 10.2. The largest absolute Gasteiger partial charge is 0.265 e. The first-order valence-corrected chi connectivity index (χ1v) is 5.54. The molecule has 0 radical (unpaired) electrons. The number of thiophene rings is 1. The van der Waals surface area contributed by atoms with Gasteiger partial charge < -0.3 is 0 Å². The molecule has 0 unspecified atom stereocenters. The maximum atomic E-state index is 4.39. The van der Waals surface area contributed by atoms with Gasteiger partial charge in [0.2, 0.25) is 0 Å². The highest BCUT2D eigenvalue weighted by Crippen LogP contribution is 2.25. The summed E-state index contributed by atoms with van der Waals surface area (Å²) < 4.78 is 0. The Morgan fingerprint density at radius 2 is 2.14 bits per heavy atom. The molecule has 0 bridgehead atoms. The van der Waals surface area contributed by atoms with Crippen LogP contribution >= 0.6 is 11.3 Å². The topological polar surface area (TPSA) is 12.4 Å². The van der Waals surface area contributed by atoms with Gasteiger partial charge in [0, 0.05) is 33.7 Å². The van der Waals surface area contributed by atoms with Gasteiger partial charge in [-0.25, -0.2) is 0 Å². The van der Waals surface area contributed by atoms with Crippen molar-refractivity contribution in [3.63, 3.8) is 0 Å². The van der Waals surface area contributed by atoms with E-state index >= 15 is 0 Å². The molecule has 2 rings (SSSR count). The van der Waals surface area contributed by atoms with Crippen molar-refractivity contribution in [3.8, 4) is 0 Å². The zero-order valence-corrected chi connectivity index (χ0v) is 9.27. The van der Waals surface area contributed by atoms with E-state index in [0.29, 0.717) is 0 Å². The normalized spacial score (nSPS) is 16.1. The van der Waals surface area contributed by atoms with E-state index < -0.39 is 0 Å². The molecule has 0 spiro atoms. The van der Waals surface area contributed by atoms with Crippen LogP contribution in [-0.4, -0.2) is 5.71 Å². The molecule has 1 aromatic rings. The summed E-state index contributed by atoms with van der Waals surface area (Å²) in [6, 6.07) is 4.31. The van der Waals surface area contributed by atoms with E-state index in [9.17, 15) is 0 Å². The standard InChI is InChI=1S/C12H13NS/c1-9-4-3-5-11(8-13-9)12-7-6-10(2)14-12/h3,5-8H,4H2,1-2H3. The molecule has 0 saturated heterocycles. The Morgan fingerprint density at radius 1 is 1.29 bits per heavy atom. The first-order chi connectivity index (χ1) is 6.75. The van der Waals surface area contributed by atoms with Crippen molar-refractivity contribution in [2.24, 2.45) is 4.99 Å². The Hall–Kier alpha value is -1.15. The lowest BCUT2D eigenvalue weighted by Crippen LogP contribution is -1.83. The number of aryl methyl sites for hydroxylation is 1. The van der Waals surface area contributed by atoms with Gasteiger partial charge in [-0.1, -0.05) is 12.2 Å². The first-order valence-electron chi connectivity index (χ1n) is 4.72. The zero-order chi connectivity index (χ0) is 9.97. The van der Waals surface area contributed by atoms with Gasteiger partial charge in [0.1, 0.15) is 0 Å². The number of allylic oxidation sites excluding steroid dienone is 3. The molecule has 0 aliphatic carbocycles. The van der Waals surface area contributed by atoms with Crippen LogP contribution in [0.4, 0.5) is 0 Å². The maximum Gasteiger partial charge on any atom is 0.0360 e. The van der Waals surface area contributed by atoms with Crippen LogP contribution in [0.15, 0.2) is 35.5 Å². The fourth-order valence-corrected chi connectivity index (χ4v) is 2.22. The molecule has 0 fully saturated rings. The Balaban J connectivity index is 2.35. The molecule has 14 heavy (non-hydrogen) atoms. The van der Waals surface area contributed by atoms with Crippen molar-refractivity contribution in [1.29, 1.82) is 0 Å². The zero-order valence-electron chi connectivity index (χ0n) is 8.45. The molecule has 0 N–H and O–H groups in total. The molecule has 1 aliphatic heterocycles. The van der Waals surface area contributed by atoms with Gasteiger partial charge in [-0.05, 0) is 26.0 Å². The third-order valence-electron chi connectivity index (χ3n) is 2.16. The van der Waals surface area contributed by atoms with Gasteiger partial charge in [-0.2, -0.15) is 0 Å². The summed E-state index contributed by atoms with van der Waals surface area (Å²) in [7, 11) is 0. The van der Waals surface area contributed by atoms with E-state index in [1.165, 1.54) is 21.0 Å². The van der Waals surface area contributed by atoms with E-state index in [1.54, 1.807) is 0 Å². The summed E-state index contributed by atoms with van der Waals surface area (Å²) >= 11 is 1.82. The van der Waals surface area contributed by atoms with Crippen molar-refractivity contribution in [1.82, 2.24) is 0 Å². The number of hydrogen-bond donors (Lipinski definition) is 0. The van der Waals surface area contributed by atoms with Gasteiger partial charge in [-0.3, -0.25) is 4.99 Å². The second-order valence-corrected chi connectivity index (χ2v) is 4.75. The van der Waals surface area contributed by atoms with Crippen LogP contribution in [-0.2, 0) is 0 Å². The Bertz CT molecular complexity index is 421. The molecule has 0 atom stereocenters. The minimum atomic E-state index is 0.963. The molecule has 1 aliphatic rings. The van der Waals surface area contributed by atoms with Crippen molar-refractivity contribution in [3.05, 3.63) is 40.2 Å².